The predicted octanol–water partition coefficient (Wildman–Crippen LogP) is 3.45. The zero-order valence-electron chi connectivity index (χ0n) is 13.2. The number of ketones is 4. The number of carbonyl (C=O) groups is 4. The molecule has 4 heteroatoms. The maximum atomic E-state index is 11.9. The monoisotopic (exact) mass is 322 g/mol. The summed E-state index contributed by atoms with van der Waals surface area (Å²) in [7, 11) is 0. The van der Waals surface area contributed by atoms with Crippen molar-refractivity contribution < 1.29 is 19.2 Å². The van der Waals surface area contributed by atoms with E-state index in [1.54, 1.807) is 42.5 Å². The lowest BCUT2D eigenvalue weighted by atomic mass is 10.00. The van der Waals surface area contributed by atoms with Gasteiger partial charge >= 0.3 is 0 Å². The van der Waals surface area contributed by atoms with Crippen LogP contribution >= 0.6 is 0 Å². The fraction of sp³-hybridized carbons (Fsp3) is 0.200. The topological polar surface area (TPSA) is 68.3 Å². The van der Waals surface area contributed by atoms with Gasteiger partial charge in [-0.1, -0.05) is 60.7 Å². The van der Waals surface area contributed by atoms with E-state index in [-0.39, 0.29) is 17.8 Å². The molecule has 0 amide bonds. The van der Waals surface area contributed by atoms with Crippen LogP contribution in [0.3, 0.4) is 0 Å². The van der Waals surface area contributed by atoms with Gasteiger partial charge in [0.25, 0.3) is 5.78 Å². The Balaban J connectivity index is 1.76. The minimum Gasteiger partial charge on any atom is -0.294 e. The second-order valence-electron chi connectivity index (χ2n) is 5.44. The normalized spacial score (nSPS) is 10.2. The largest absolute Gasteiger partial charge is 0.294 e. The number of unbranched alkanes of at least 4 members (excludes halogenated alkanes) is 1. The Bertz CT molecular complexity index is 733. The molecule has 0 atom stereocenters. The predicted molar refractivity (Wildman–Crippen MR) is 90.0 cm³/mol. The first-order valence-electron chi connectivity index (χ1n) is 7.84. The molecule has 0 aliphatic heterocycles. The third kappa shape index (κ3) is 4.81. The van der Waals surface area contributed by atoms with Crippen molar-refractivity contribution in [2.75, 3.05) is 0 Å². The molecule has 0 aliphatic rings. The molecule has 24 heavy (non-hydrogen) atoms. The highest BCUT2D eigenvalue weighted by Gasteiger charge is 2.23. The smallest absolute Gasteiger partial charge is 0.268 e. The van der Waals surface area contributed by atoms with E-state index in [1.165, 1.54) is 12.1 Å². The lowest BCUT2D eigenvalue weighted by molar-refractivity contribution is -0.134. The average Bonchev–Trinajstić information content (AvgIpc) is 2.65. The maximum Gasteiger partial charge on any atom is 0.268 e. The Kier molecular flexibility index (Phi) is 6.32. The van der Waals surface area contributed by atoms with Gasteiger partial charge in [-0.05, 0) is 12.8 Å². The van der Waals surface area contributed by atoms with Gasteiger partial charge in [-0.3, -0.25) is 19.2 Å². The summed E-state index contributed by atoms with van der Waals surface area (Å²) in [6.45, 7) is 0. The minimum atomic E-state index is -0.990. The summed E-state index contributed by atoms with van der Waals surface area (Å²) in [4.78, 5) is 47.4. The van der Waals surface area contributed by atoms with Crippen molar-refractivity contribution in [3.63, 3.8) is 0 Å². The van der Waals surface area contributed by atoms with E-state index in [2.05, 4.69) is 0 Å². The van der Waals surface area contributed by atoms with Crippen molar-refractivity contribution in [1.82, 2.24) is 0 Å². The molecule has 0 fully saturated rings. The fourth-order valence-electron chi connectivity index (χ4n) is 2.30. The highest BCUT2D eigenvalue weighted by atomic mass is 16.2. The summed E-state index contributed by atoms with van der Waals surface area (Å²) in [6.07, 6.45) is 1.22. The van der Waals surface area contributed by atoms with Gasteiger partial charge in [0.15, 0.2) is 5.78 Å². The molecule has 2 rings (SSSR count). The molecule has 4 nitrogen and oxygen atoms in total. The lowest BCUT2D eigenvalue weighted by Gasteiger charge is -2.02. The van der Waals surface area contributed by atoms with E-state index >= 15 is 0 Å². The molecule has 0 saturated heterocycles. The summed E-state index contributed by atoms with van der Waals surface area (Å²) in [5.74, 6) is -2.46. The van der Waals surface area contributed by atoms with Crippen molar-refractivity contribution >= 4 is 23.1 Å². The maximum absolute atomic E-state index is 11.9. The minimum absolute atomic E-state index is 0.00902. The third-order valence-electron chi connectivity index (χ3n) is 3.65. The van der Waals surface area contributed by atoms with Crippen LogP contribution in [0.25, 0.3) is 0 Å². The van der Waals surface area contributed by atoms with Crippen LogP contribution in [0.15, 0.2) is 60.7 Å². The number of benzene rings is 2. The Morgan fingerprint density at radius 3 is 1.71 bits per heavy atom. The Hall–Kier alpha value is -2.88. The highest BCUT2D eigenvalue weighted by Crippen LogP contribution is 2.09. The molecule has 0 bridgehead atoms. The molecule has 0 heterocycles. The summed E-state index contributed by atoms with van der Waals surface area (Å²) < 4.78 is 0. The fourth-order valence-corrected chi connectivity index (χ4v) is 2.30. The van der Waals surface area contributed by atoms with Crippen LogP contribution < -0.4 is 0 Å². The average molecular weight is 322 g/mol. The number of hydrogen-bond acceptors (Lipinski definition) is 4. The number of rotatable bonds is 9. The van der Waals surface area contributed by atoms with Crippen LogP contribution in [0, 0.1) is 0 Å². The second-order valence-corrected chi connectivity index (χ2v) is 5.44. The first-order chi connectivity index (χ1) is 11.6. The van der Waals surface area contributed by atoms with Gasteiger partial charge in [0.1, 0.15) is 0 Å². The molecule has 122 valence electrons. The number of Topliss-reactive ketones (excluding diaryl/α,β-unsaturated/α-hetero) is 4. The van der Waals surface area contributed by atoms with Gasteiger partial charge < -0.3 is 0 Å². The van der Waals surface area contributed by atoms with Crippen molar-refractivity contribution in [2.45, 2.75) is 25.7 Å². The standard InChI is InChI=1S/C20H18O4/c21-17(15-9-3-1-4-10-15)13-7-8-14-18(22)20(24)19(23)16-11-5-2-6-12-16/h1-6,9-12H,7-8,13-14H2. The molecule has 0 unspecified atom stereocenters. The Morgan fingerprint density at radius 1 is 0.625 bits per heavy atom. The second kappa shape index (κ2) is 8.67. The molecule has 0 radical (unpaired) electrons. The zero-order chi connectivity index (χ0) is 17.4. The molecule has 0 saturated carbocycles. The number of carbonyl (C=O) groups excluding carboxylic acids is 4. The summed E-state index contributed by atoms with van der Waals surface area (Å²) >= 11 is 0. The number of hydrogen-bond donors (Lipinski definition) is 0. The molecular weight excluding hydrogens is 304 g/mol. The van der Waals surface area contributed by atoms with E-state index in [1.807, 2.05) is 6.07 Å². The van der Waals surface area contributed by atoms with E-state index in [9.17, 15) is 19.2 Å². The van der Waals surface area contributed by atoms with E-state index in [0.29, 0.717) is 24.8 Å². The van der Waals surface area contributed by atoms with E-state index < -0.39 is 17.3 Å². The zero-order valence-corrected chi connectivity index (χ0v) is 13.2. The molecule has 0 aliphatic carbocycles. The van der Waals surface area contributed by atoms with Crippen LogP contribution in [0.5, 0.6) is 0 Å². The summed E-state index contributed by atoms with van der Waals surface area (Å²) in [5.41, 5.74) is 0.856. The first-order valence-corrected chi connectivity index (χ1v) is 7.84. The van der Waals surface area contributed by atoms with Crippen molar-refractivity contribution in [3.05, 3.63) is 71.8 Å². The SMILES string of the molecule is O=C(CCCCC(=O)c1ccccc1)C(=O)C(=O)c1ccccc1. The van der Waals surface area contributed by atoms with Gasteiger partial charge in [-0.25, -0.2) is 0 Å². The van der Waals surface area contributed by atoms with E-state index in [4.69, 9.17) is 0 Å². The molecule has 0 N–H and O–H groups in total. The van der Waals surface area contributed by atoms with Gasteiger partial charge in [0, 0.05) is 24.0 Å². The Morgan fingerprint density at radius 2 is 1.12 bits per heavy atom. The Labute approximate surface area is 140 Å². The van der Waals surface area contributed by atoms with Crippen LogP contribution in [-0.2, 0) is 9.59 Å². The molecule has 0 aromatic heterocycles. The summed E-state index contributed by atoms with van der Waals surface area (Å²) in [5, 5.41) is 0. The van der Waals surface area contributed by atoms with Crippen molar-refractivity contribution in [2.24, 2.45) is 0 Å². The van der Waals surface area contributed by atoms with Gasteiger partial charge in [-0.2, -0.15) is 0 Å². The summed E-state index contributed by atoms with van der Waals surface area (Å²) in [6, 6.07) is 16.9. The highest BCUT2D eigenvalue weighted by molar-refractivity contribution is 6.67. The molecular formula is C20H18O4. The van der Waals surface area contributed by atoms with E-state index in [0.717, 1.165) is 0 Å². The van der Waals surface area contributed by atoms with Crippen LogP contribution in [0.4, 0.5) is 0 Å². The van der Waals surface area contributed by atoms with Crippen molar-refractivity contribution in [3.8, 4) is 0 Å². The first kappa shape index (κ1) is 17.5. The van der Waals surface area contributed by atoms with Gasteiger partial charge in [0.2, 0.25) is 11.6 Å². The molecule has 2 aromatic carbocycles. The van der Waals surface area contributed by atoms with Gasteiger partial charge in [-0.15, -0.1) is 0 Å². The third-order valence-corrected chi connectivity index (χ3v) is 3.65. The van der Waals surface area contributed by atoms with Crippen molar-refractivity contribution in [1.29, 1.82) is 0 Å². The quantitative estimate of drug-likeness (QED) is 0.307. The van der Waals surface area contributed by atoms with Crippen LogP contribution in [0.2, 0.25) is 0 Å². The lowest BCUT2D eigenvalue weighted by Crippen LogP contribution is -2.23. The van der Waals surface area contributed by atoms with Crippen LogP contribution in [-0.4, -0.2) is 23.1 Å². The van der Waals surface area contributed by atoms with Crippen LogP contribution in [0.1, 0.15) is 46.4 Å². The molecule has 2 aromatic rings. The molecule has 0 spiro atoms. The van der Waals surface area contributed by atoms with Gasteiger partial charge in [0.05, 0.1) is 0 Å².